The van der Waals surface area contributed by atoms with E-state index >= 15 is 0 Å². The smallest absolute Gasteiger partial charge is 0.217 e. The molecule has 176 valence electrons. The monoisotopic (exact) mass is 511 g/mol. The van der Waals surface area contributed by atoms with Crippen molar-refractivity contribution in [2.24, 2.45) is 4.02 Å². The lowest BCUT2D eigenvalue weighted by molar-refractivity contribution is 0.0970. The Morgan fingerprint density at radius 1 is 0.970 bits per heavy atom. The van der Waals surface area contributed by atoms with Gasteiger partial charge in [0.25, 0.3) is 0 Å². The Morgan fingerprint density at radius 3 is 2.03 bits per heavy atom. The van der Waals surface area contributed by atoms with Gasteiger partial charge < -0.3 is 14.2 Å². The van der Waals surface area contributed by atoms with Crippen molar-refractivity contribution in [2.75, 3.05) is 0 Å². The molecule has 0 aliphatic heterocycles. The fraction of sp³-hybridized carbons (Fsp3) is 0.407. The lowest BCUT2D eigenvalue weighted by atomic mass is 9.78. The molecule has 0 saturated carbocycles. The maximum absolute atomic E-state index is 13.4. The van der Waals surface area contributed by atoms with Crippen molar-refractivity contribution < 1.29 is 9.90 Å². The third-order valence-corrected chi connectivity index (χ3v) is 6.30. The molecule has 1 heterocycles. The summed E-state index contributed by atoms with van der Waals surface area (Å²) >= 11 is 3.24. The van der Waals surface area contributed by atoms with E-state index in [0.717, 1.165) is 11.1 Å². The predicted molar refractivity (Wildman–Crippen MR) is 137 cm³/mol. The molecule has 0 fully saturated rings. The maximum atomic E-state index is 13.4. The molecule has 0 amide bonds. The van der Waals surface area contributed by atoms with Gasteiger partial charge in [0.15, 0.2) is 5.78 Å². The highest BCUT2D eigenvalue weighted by atomic mass is 79.9. The first-order valence-corrected chi connectivity index (χ1v) is 11.9. The molecule has 0 unspecified atom stereocenters. The first-order chi connectivity index (χ1) is 15.3. The van der Waals surface area contributed by atoms with Gasteiger partial charge in [-0.3, -0.25) is 4.79 Å². The number of benzene rings is 2. The first kappa shape index (κ1) is 25.0. The fourth-order valence-corrected chi connectivity index (χ4v) is 4.37. The van der Waals surface area contributed by atoms with Gasteiger partial charge in [0.1, 0.15) is 5.75 Å². The molecular weight excluding hydrogens is 478 g/mol. The van der Waals surface area contributed by atoms with Crippen LogP contribution in [-0.2, 0) is 23.9 Å². The number of ketones is 1. The first-order valence-electron chi connectivity index (χ1n) is 11.2. The Hall–Kier alpha value is -2.60. The Labute approximate surface area is 205 Å². The standard InChI is InChI=1S/C27H34BrN3O2/c1-18-10-8-9-11-19(18)16-30-12-13-31(25(30)29-28)17-23(32)20-14-21(26(2,3)4)24(33)22(15-20)27(5,6)7/h8-15,33H,16-17H2,1-7H3. The van der Waals surface area contributed by atoms with Crippen LogP contribution in [0.2, 0.25) is 0 Å². The summed E-state index contributed by atoms with van der Waals surface area (Å²) in [6.07, 6.45) is 3.82. The van der Waals surface area contributed by atoms with Gasteiger partial charge in [-0.25, -0.2) is 0 Å². The van der Waals surface area contributed by atoms with Crippen LogP contribution < -0.4 is 5.62 Å². The molecule has 0 saturated heterocycles. The van der Waals surface area contributed by atoms with Crippen molar-refractivity contribution >= 4 is 21.9 Å². The number of phenolic OH excluding ortho intramolecular Hbond substituents is 1. The summed E-state index contributed by atoms with van der Waals surface area (Å²) in [4.78, 5) is 13.4. The van der Waals surface area contributed by atoms with Gasteiger partial charge in [-0.05, 0) is 41.0 Å². The van der Waals surface area contributed by atoms with E-state index in [1.165, 1.54) is 11.1 Å². The number of nitrogens with zero attached hydrogens (tertiary/aromatic N) is 3. The van der Waals surface area contributed by atoms with Crippen LogP contribution in [0.3, 0.4) is 0 Å². The van der Waals surface area contributed by atoms with Crippen LogP contribution in [0.4, 0.5) is 0 Å². The van der Waals surface area contributed by atoms with Gasteiger partial charge in [0.2, 0.25) is 5.62 Å². The minimum Gasteiger partial charge on any atom is -0.507 e. The number of carbonyl (C=O) groups excluding carboxylic acids is 1. The minimum absolute atomic E-state index is 0.0259. The van der Waals surface area contributed by atoms with Gasteiger partial charge >= 0.3 is 0 Å². The summed E-state index contributed by atoms with van der Waals surface area (Å²) in [5.74, 6) is 0.252. The van der Waals surface area contributed by atoms with E-state index in [1.807, 2.05) is 87.3 Å². The van der Waals surface area contributed by atoms with E-state index in [9.17, 15) is 9.90 Å². The van der Waals surface area contributed by atoms with Crippen LogP contribution in [0.25, 0.3) is 0 Å². The number of aromatic nitrogens is 2. The Bertz CT molecular complexity index is 1200. The predicted octanol–water partition coefficient (Wildman–Crippen LogP) is 6.04. The molecule has 0 aliphatic rings. The summed E-state index contributed by atoms with van der Waals surface area (Å²) in [5, 5.41) is 11.0. The second-order valence-electron chi connectivity index (χ2n) is 10.7. The van der Waals surface area contributed by atoms with Gasteiger partial charge in [-0.15, -0.1) is 0 Å². The van der Waals surface area contributed by atoms with Gasteiger partial charge in [0.05, 0.1) is 29.2 Å². The zero-order valence-corrected chi connectivity index (χ0v) is 22.2. The topological polar surface area (TPSA) is 59.5 Å². The van der Waals surface area contributed by atoms with E-state index in [1.54, 1.807) is 0 Å². The molecule has 0 aliphatic carbocycles. The highest BCUT2D eigenvalue weighted by Crippen LogP contribution is 2.39. The van der Waals surface area contributed by atoms with E-state index in [4.69, 9.17) is 0 Å². The second-order valence-corrected chi connectivity index (χ2v) is 11.1. The zero-order valence-electron chi connectivity index (χ0n) is 20.6. The maximum Gasteiger partial charge on any atom is 0.217 e. The molecule has 1 aromatic heterocycles. The molecule has 1 N–H and O–H groups in total. The molecule has 3 aromatic rings. The summed E-state index contributed by atoms with van der Waals surface area (Å²) in [7, 11) is 0. The lowest BCUT2D eigenvalue weighted by Gasteiger charge is -2.28. The van der Waals surface area contributed by atoms with Crippen molar-refractivity contribution in [2.45, 2.75) is 72.4 Å². The van der Waals surface area contributed by atoms with Crippen molar-refractivity contribution in [1.29, 1.82) is 0 Å². The van der Waals surface area contributed by atoms with Crippen LogP contribution in [0.1, 0.15) is 74.2 Å². The molecule has 2 aromatic carbocycles. The van der Waals surface area contributed by atoms with Crippen molar-refractivity contribution in [1.82, 2.24) is 9.13 Å². The number of phenols is 1. The number of halogens is 1. The number of rotatable bonds is 5. The Morgan fingerprint density at radius 2 is 1.52 bits per heavy atom. The van der Waals surface area contributed by atoms with Gasteiger partial charge in [0, 0.05) is 29.1 Å². The molecule has 6 heteroatoms. The van der Waals surface area contributed by atoms with Crippen LogP contribution in [-0.4, -0.2) is 20.0 Å². The number of aryl methyl sites for hydroxylation is 1. The number of hydrogen-bond donors (Lipinski definition) is 1. The summed E-state index contributed by atoms with van der Waals surface area (Å²) in [6.45, 7) is 15.2. The SMILES string of the molecule is Cc1ccccc1Cn1ccn(CC(=O)c2cc(C(C)(C)C)c(O)c(C(C)(C)C)c2)c1=NBr. The van der Waals surface area contributed by atoms with Gasteiger partial charge in [-0.1, -0.05) is 65.8 Å². The fourth-order valence-electron chi connectivity index (χ4n) is 3.96. The van der Waals surface area contributed by atoms with Gasteiger partial charge in [-0.2, -0.15) is 4.02 Å². The normalized spacial score (nSPS) is 12.9. The summed E-state index contributed by atoms with van der Waals surface area (Å²) < 4.78 is 8.14. The molecule has 0 bridgehead atoms. The Kier molecular flexibility index (Phi) is 7.08. The van der Waals surface area contributed by atoms with Crippen molar-refractivity contribution in [3.8, 4) is 5.75 Å². The third kappa shape index (κ3) is 5.49. The van der Waals surface area contributed by atoms with Crippen LogP contribution in [0.15, 0.2) is 52.8 Å². The molecule has 5 nitrogen and oxygen atoms in total. The highest BCUT2D eigenvalue weighted by Gasteiger charge is 2.28. The molecule has 0 radical (unpaired) electrons. The number of aromatic hydroxyl groups is 1. The van der Waals surface area contributed by atoms with Crippen LogP contribution in [0.5, 0.6) is 5.75 Å². The average molecular weight is 512 g/mol. The number of imidazole rings is 1. The quantitative estimate of drug-likeness (QED) is 0.424. The van der Waals surface area contributed by atoms with E-state index in [2.05, 4.69) is 39.2 Å². The molecular formula is C27H34BrN3O2. The molecule has 0 spiro atoms. The van der Waals surface area contributed by atoms with Crippen molar-refractivity contribution in [3.05, 3.63) is 82.2 Å². The number of hydrogen-bond acceptors (Lipinski definition) is 3. The zero-order chi connectivity index (χ0) is 24.6. The number of Topliss-reactive ketones (excluding diaryl/α,β-unsaturated/α-hetero) is 1. The van der Waals surface area contributed by atoms with E-state index in [0.29, 0.717) is 17.7 Å². The highest BCUT2D eigenvalue weighted by molar-refractivity contribution is 9.08. The molecule has 3 rings (SSSR count). The lowest BCUT2D eigenvalue weighted by Crippen LogP contribution is -2.28. The average Bonchev–Trinajstić information content (AvgIpc) is 3.09. The molecule has 0 atom stereocenters. The second kappa shape index (κ2) is 9.34. The van der Waals surface area contributed by atoms with Crippen molar-refractivity contribution in [3.63, 3.8) is 0 Å². The summed E-state index contributed by atoms with van der Waals surface area (Å²) in [5.41, 5.74) is 4.66. The van der Waals surface area contributed by atoms with E-state index in [-0.39, 0.29) is 28.9 Å². The summed E-state index contributed by atoms with van der Waals surface area (Å²) in [6, 6.07) is 11.9. The third-order valence-electron chi connectivity index (χ3n) is 5.98. The van der Waals surface area contributed by atoms with Crippen LogP contribution >= 0.6 is 16.1 Å². The van der Waals surface area contributed by atoms with Crippen LogP contribution in [0, 0.1) is 6.92 Å². The largest absolute Gasteiger partial charge is 0.507 e. The Balaban J connectivity index is 1.98. The number of carbonyl (C=O) groups is 1. The van der Waals surface area contributed by atoms with E-state index < -0.39 is 0 Å². The minimum atomic E-state index is -0.291. The molecule has 33 heavy (non-hydrogen) atoms.